The Morgan fingerprint density at radius 1 is 1.11 bits per heavy atom. The molecule has 0 saturated carbocycles. The predicted octanol–water partition coefficient (Wildman–Crippen LogP) is 4.53. The molecular weight excluding hydrogens is 486 g/mol. The number of nitrogens with zero attached hydrogens (tertiary/aromatic N) is 2. The van der Waals surface area contributed by atoms with Crippen molar-refractivity contribution >= 4 is 56.6 Å². The molecule has 0 bridgehead atoms. The summed E-state index contributed by atoms with van der Waals surface area (Å²) < 4.78 is 13.6. The third-order valence-corrected chi connectivity index (χ3v) is 6.43. The maximum absolute atomic E-state index is 13.1. The molecule has 1 N–H and O–H groups in total. The number of halogens is 1. The van der Waals surface area contributed by atoms with E-state index in [9.17, 15) is 9.59 Å². The first-order chi connectivity index (χ1) is 17.0. The average Bonchev–Trinajstić information content (AvgIpc) is 3.35. The molecule has 0 spiro atoms. The molecule has 0 atom stereocenters. The van der Waals surface area contributed by atoms with Gasteiger partial charge in [-0.15, -0.1) is 0 Å². The number of rotatable bonds is 7. The number of imidazole rings is 1. The summed E-state index contributed by atoms with van der Waals surface area (Å²) in [6.07, 6.45) is 1.75. The molecule has 0 aliphatic carbocycles. The van der Waals surface area contributed by atoms with E-state index in [1.54, 1.807) is 34.7 Å². The fraction of sp³-hybridized carbons (Fsp3) is 0.115. The van der Waals surface area contributed by atoms with E-state index in [2.05, 4.69) is 10.3 Å². The zero-order valence-corrected chi connectivity index (χ0v) is 20.2. The first kappa shape index (κ1) is 22.9. The third kappa shape index (κ3) is 4.71. The van der Waals surface area contributed by atoms with Gasteiger partial charge in [-0.25, -0.2) is 9.38 Å². The fourth-order valence-corrected chi connectivity index (χ4v) is 4.95. The topological polar surface area (TPSA) is 81.9 Å². The summed E-state index contributed by atoms with van der Waals surface area (Å²) in [5, 5.41) is 3.03. The smallest absolute Gasteiger partial charge is 0.274 e. The highest BCUT2D eigenvalue weighted by molar-refractivity contribution is 7.15. The minimum atomic E-state index is -0.324. The van der Waals surface area contributed by atoms with Crippen LogP contribution >= 0.6 is 22.9 Å². The monoisotopic (exact) mass is 505 g/mol. The summed E-state index contributed by atoms with van der Waals surface area (Å²) >= 11 is 7.81. The van der Waals surface area contributed by atoms with Gasteiger partial charge in [0.1, 0.15) is 0 Å². The minimum absolute atomic E-state index is 0.148. The van der Waals surface area contributed by atoms with Crippen LogP contribution in [-0.4, -0.2) is 28.5 Å². The second-order valence-electron chi connectivity index (χ2n) is 7.60. The van der Waals surface area contributed by atoms with Gasteiger partial charge in [0.15, 0.2) is 23.1 Å². The second-order valence-corrected chi connectivity index (χ2v) is 9.02. The highest BCUT2D eigenvalue weighted by atomic mass is 35.5. The summed E-state index contributed by atoms with van der Waals surface area (Å²) in [4.78, 5) is 30.5. The van der Waals surface area contributed by atoms with E-state index in [0.717, 1.165) is 11.0 Å². The predicted molar refractivity (Wildman–Crippen MR) is 139 cm³/mol. The molecule has 1 amide bonds. The van der Waals surface area contributed by atoms with Crippen molar-refractivity contribution in [1.82, 2.24) is 9.38 Å². The first-order valence-corrected chi connectivity index (χ1v) is 12.1. The number of aromatic nitrogens is 2. The maximum atomic E-state index is 13.1. The molecule has 2 heterocycles. The van der Waals surface area contributed by atoms with Crippen LogP contribution in [-0.2, 0) is 4.79 Å². The van der Waals surface area contributed by atoms with Crippen LogP contribution in [0.15, 0.2) is 71.5 Å². The van der Waals surface area contributed by atoms with Gasteiger partial charge in [0.25, 0.3) is 11.5 Å². The van der Waals surface area contributed by atoms with Crippen molar-refractivity contribution in [1.29, 1.82) is 0 Å². The molecule has 0 aliphatic rings. The molecule has 9 heteroatoms. The van der Waals surface area contributed by atoms with Gasteiger partial charge < -0.3 is 14.8 Å². The lowest BCUT2D eigenvalue weighted by Gasteiger charge is -2.14. The van der Waals surface area contributed by atoms with Crippen LogP contribution in [0.5, 0.6) is 11.5 Å². The standard InChI is InChI=1S/C26H20ClN3O4S/c1-2-33-21-13-16(12-18(27)24(21)34-15-23(31)28-17-8-4-3-5-9-17)14-22-25(32)30-20-11-7-6-10-19(20)29-26(30)35-22/h3-14H,2,15H2,1H3,(H,28,31). The molecule has 35 heavy (non-hydrogen) atoms. The van der Waals surface area contributed by atoms with E-state index in [4.69, 9.17) is 21.1 Å². The van der Waals surface area contributed by atoms with Crippen LogP contribution in [0.3, 0.4) is 0 Å². The summed E-state index contributed by atoms with van der Waals surface area (Å²) in [6.45, 7) is 1.97. The Bertz CT molecular complexity index is 1650. The largest absolute Gasteiger partial charge is 0.490 e. The van der Waals surface area contributed by atoms with Crippen molar-refractivity contribution in [2.45, 2.75) is 6.92 Å². The lowest BCUT2D eigenvalue weighted by molar-refractivity contribution is -0.118. The quantitative estimate of drug-likeness (QED) is 0.351. The summed E-state index contributed by atoms with van der Waals surface area (Å²) in [5.74, 6) is 0.330. The van der Waals surface area contributed by atoms with Crippen molar-refractivity contribution in [2.24, 2.45) is 0 Å². The lowest BCUT2D eigenvalue weighted by atomic mass is 10.2. The molecule has 0 saturated heterocycles. The fourth-order valence-electron chi connectivity index (χ4n) is 3.69. The van der Waals surface area contributed by atoms with Gasteiger partial charge in [0, 0.05) is 5.69 Å². The molecule has 3 aromatic carbocycles. The number of anilines is 1. The van der Waals surface area contributed by atoms with Crippen LogP contribution in [0, 0.1) is 0 Å². The zero-order valence-electron chi connectivity index (χ0n) is 18.7. The van der Waals surface area contributed by atoms with E-state index in [-0.39, 0.29) is 28.8 Å². The Kier molecular flexibility index (Phi) is 6.39. The molecule has 0 aliphatic heterocycles. The summed E-state index contributed by atoms with van der Waals surface area (Å²) in [5.41, 5.74) is 2.75. The summed E-state index contributed by atoms with van der Waals surface area (Å²) in [6, 6.07) is 20.0. The number of hydrogen-bond acceptors (Lipinski definition) is 6. The molecule has 176 valence electrons. The molecule has 7 nitrogen and oxygen atoms in total. The Labute approximate surface area is 209 Å². The lowest BCUT2D eigenvalue weighted by Crippen LogP contribution is -2.22. The number of fused-ring (bicyclic) bond motifs is 3. The van der Waals surface area contributed by atoms with Gasteiger partial charge in [-0.3, -0.25) is 9.59 Å². The van der Waals surface area contributed by atoms with Gasteiger partial charge in [0.05, 0.1) is 27.2 Å². The van der Waals surface area contributed by atoms with E-state index in [1.165, 1.54) is 11.3 Å². The maximum Gasteiger partial charge on any atom is 0.274 e. The Hall–Kier alpha value is -3.88. The zero-order chi connectivity index (χ0) is 24.4. The number of benzene rings is 3. The van der Waals surface area contributed by atoms with Gasteiger partial charge in [-0.1, -0.05) is 53.3 Å². The van der Waals surface area contributed by atoms with E-state index < -0.39 is 0 Å². The van der Waals surface area contributed by atoms with Crippen LogP contribution in [0.25, 0.3) is 22.1 Å². The van der Waals surface area contributed by atoms with Gasteiger partial charge in [-0.2, -0.15) is 0 Å². The molecule has 0 unspecified atom stereocenters. The first-order valence-electron chi connectivity index (χ1n) is 10.9. The number of carbonyl (C=O) groups is 1. The van der Waals surface area contributed by atoms with Crippen LogP contribution in [0.2, 0.25) is 5.02 Å². The van der Waals surface area contributed by atoms with Crippen molar-refractivity contribution in [3.8, 4) is 11.5 Å². The average molecular weight is 506 g/mol. The van der Waals surface area contributed by atoms with Gasteiger partial charge in [0.2, 0.25) is 0 Å². The number of amides is 1. The molecule has 2 aromatic heterocycles. The SMILES string of the molecule is CCOc1cc(C=c2sc3nc4ccccc4n3c2=O)cc(Cl)c1OCC(=O)Nc1ccccc1. The highest BCUT2D eigenvalue weighted by Crippen LogP contribution is 2.37. The van der Waals surface area contributed by atoms with Gasteiger partial charge in [-0.05, 0) is 55.0 Å². The number of hydrogen-bond donors (Lipinski definition) is 1. The molecule has 5 rings (SSSR count). The number of thiazole rings is 1. The molecule has 5 aromatic rings. The Balaban J connectivity index is 1.44. The number of nitrogens with one attached hydrogen (secondary N) is 1. The van der Waals surface area contributed by atoms with E-state index in [0.29, 0.717) is 33.1 Å². The van der Waals surface area contributed by atoms with E-state index >= 15 is 0 Å². The number of ether oxygens (including phenoxy) is 2. The Morgan fingerprint density at radius 2 is 1.89 bits per heavy atom. The van der Waals surface area contributed by atoms with Crippen LogP contribution < -0.4 is 24.9 Å². The number of carbonyl (C=O) groups excluding carboxylic acids is 1. The summed E-state index contributed by atoms with van der Waals surface area (Å²) in [7, 11) is 0. The molecule has 0 radical (unpaired) electrons. The van der Waals surface area contributed by atoms with Crippen molar-refractivity contribution < 1.29 is 14.3 Å². The normalized spacial score (nSPS) is 11.8. The molecule has 0 fully saturated rings. The third-order valence-electron chi connectivity index (χ3n) is 5.18. The van der Waals surface area contributed by atoms with Crippen molar-refractivity contribution in [2.75, 3.05) is 18.5 Å². The minimum Gasteiger partial charge on any atom is -0.490 e. The van der Waals surface area contributed by atoms with Crippen molar-refractivity contribution in [3.05, 3.63) is 92.2 Å². The van der Waals surface area contributed by atoms with Gasteiger partial charge >= 0.3 is 0 Å². The van der Waals surface area contributed by atoms with Crippen LogP contribution in [0.1, 0.15) is 12.5 Å². The second kappa shape index (κ2) is 9.77. The van der Waals surface area contributed by atoms with E-state index in [1.807, 2.05) is 49.4 Å². The molecular formula is C26H20ClN3O4S. The van der Waals surface area contributed by atoms with Crippen LogP contribution in [0.4, 0.5) is 5.69 Å². The Morgan fingerprint density at radius 3 is 2.69 bits per heavy atom. The number of para-hydroxylation sites is 3. The highest BCUT2D eigenvalue weighted by Gasteiger charge is 2.15. The van der Waals surface area contributed by atoms with Crippen molar-refractivity contribution in [3.63, 3.8) is 0 Å².